The predicted molar refractivity (Wildman–Crippen MR) is 71.0 cm³/mol. The van der Waals surface area contributed by atoms with Crippen LogP contribution in [0.15, 0.2) is 30.5 Å². The van der Waals surface area contributed by atoms with Crippen molar-refractivity contribution in [1.82, 2.24) is 15.0 Å². The van der Waals surface area contributed by atoms with Gasteiger partial charge in [-0.15, -0.1) is 5.10 Å². The molecular weight excluding hydrogens is 260 g/mol. The highest BCUT2D eigenvalue weighted by atomic mass is 16.4. The number of carbonyl (C=O) groups is 1. The summed E-state index contributed by atoms with van der Waals surface area (Å²) in [5.41, 5.74) is 7.20. The molecule has 0 saturated heterocycles. The summed E-state index contributed by atoms with van der Waals surface area (Å²) < 4.78 is 1.56. The number of carboxylic acid groups (broad SMARTS) is 1. The maximum atomic E-state index is 11.0. The van der Waals surface area contributed by atoms with E-state index in [-0.39, 0.29) is 24.8 Å². The van der Waals surface area contributed by atoms with Crippen molar-refractivity contribution in [1.29, 1.82) is 0 Å². The number of phenols is 1. The van der Waals surface area contributed by atoms with Gasteiger partial charge in [0.15, 0.2) is 0 Å². The van der Waals surface area contributed by atoms with Crippen LogP contribution in [0.2, 0.25) is 0 Å². The number of rotatable bonds is 6. The van der Waals surface area contributed by atoms with E-state index in [1.165, 1.54) is 6.20 Å². The normalized spacial score (nSPS) is 12.2. The lowest BCUT2D eigenvalue weighted by molar-refractivity contribution is -0.138. The van der Waals surface area contributed by atoms with Crippen LogP contribution in [0, 0.1) is 0 Å². The van der Waals surface area contributed by atoms with E-state index in [1.54, 1.807) is 28.9 Å². The fraction of sp³-hybridized carbons (Fsp3) is 0.308. The lowest BCUT2D eigenvalue weighted by Gasteiger charge is -2.17. The van der Waals surface area contributed by atoms with Crippen LogP contribution in [-0.4, -0.2) is 31.2 Å². The molecule has 1 heterocycles. The molecule has 0 aliphatic rings. The minimum Gasteiger partial charge on any atom is -0.508 e. The number of aliphatic carboxylic acids is 1. The van der Waals surface area contributed by atoms with E-state index in [1.807, 2.05) is 0 Å². The number of aromatic nitrogens is 3. The van der Waals surface area contributed by atoms with Gasteiger partial charge in [-0.05, 0) is 24.1 Å². The van der Waals surface area contributed by atoms with Crippen LogP contribution in [0.1, 0.15) is 23.7 Å². The number of phenolic OH excluding ortho intramolecular Hbond substituents is 1. The van der Waals surface area contributed by atoms with Gasteiger partial charge in [0.2, 0.25) is 0 Å². The number of nitrogens with two attached hydrogens (primary N) is 1. The zero-order chi connectivity index (χ0) is 14.5. The number of aromatic hydroxyl groups is 1. The first-order chi connectivity index (χ1) is 9.60. The lowest BCUT2D eigenvalue weighted by Crippen LogP contribution is -2.20. The standard InChI is InChI=1S/C13H16N4O3/c14-7-11-8-15-16-17(11)10(6-13(19)20)5-9-1-3-12(18)4-2-9/h1-4,8,10,18H,5-7,14H2,(H,19,20). The molecule has 1 aromatic carbocycles. The average Bonchev–Trinajstić information content (AvgIpc) is 2.88. The van der Waals surface area contributed by atoms with E-state index in [2.05, 4.69) is 10.3 Å². The molecule has 1 unspecified atom stereocenters. The molecule has 7 heteroatoms. The molecule has 0 bridgehead atoms. The van der Waals surface area contributed by atoms with E-state index >= 15 is 0 Å². The number of hydrogen-bond donors (Lipinski definition) is 3. The third-order valence-corrected chi connectivity index (χ3v) is 3.02. The first kappa shape index (κ1) is 14.0. The van der Waals surface area contributed by atoms with Crippen LogP contribution in [0.3, 0.4) is 0 Å². The van der Waals surface area contributed by atoms with Crippen LogP contribution in [0.4, 0.5) is 0 Å². The Morgan fingerprint density at radius 2 is 2.05 bits per heavy atom. The van der Waals surface area contributed by atoms with E-state index in [9.17, 15) is 9.90 Å². The second-order valence-corrected chi connectivity index (χ2v) is 4.50. The first-order valence-corrected chi connectivity index (χ1v) is 6.19. The van der Waals surface area contributed by atoms with E-state index in [0.29, 0.717) is 12.1 Å². The third kappa shape index (κ3) is 3.33. The molecule has 1 aromatic heterocycles. The molecule has 0 spiro atoms. The molecule has 7 nitrogen and oxygen atoms in total. The maximum absolute atomic E-state index is 11.0. The van der Waals surface area contributed by atoms with Gasteiger partial charge in [0.05, 0.1) is 24.4 Å². The van der Waals surface area contributed by atoms with Gasteiger partial charge in [-0.25, -0.2) is 4.68 Å². The molecule has 0 aliphatic carbocycles. The lowest BCUT2D eigenvalue weighted by atomic mass is 10.0. The summed E-state index contributed by atoms with van der Waals surface area (Å²) in [5.74, 6) is -0.737. The quantitative estimate of drug-likeness (QED) is 0.715. The van der Waals surface area contributed by atoms with Crippen LogP contribution in [0.5, 0.6) is 5.75 Å². The maximum Gasteiger partial charge on any atom is 0.305 e. The topological polar surface area (TPSA) is 114 Å². The first-order valence-electron chi connectivity index (χ1n) is 6.19. The molecular formula is C13H16N4O3. The highest BCUT2D eigenvalue weighted by Crippen LogP contribution is 2.20. The monoisotopic (exact) mass is 276 g/mol. The van der Waals surface area contributed by atoms with Crippen molar-refractivity contribution in [3.8, 4) is 5.75 Å². The SMILES string of the molecule is NCc1cnnn1C(CC(=O)O)Cc1ccc(O)cc1. The minimum absolute atomic E-state index is 0.0722. The van der Waals surface area contributed by atoms with Crippen LogP contribution in [0.25, 0.3) is 0 Å². The van der Waals surface area contributed by atoms with Gasteiger partial charge in [0.25, 0.3) is 0 Å². The van der Waals surface area contributed by atoms with Gasteiger partial charge >= 0.3 is 5.97 Å². The largest absolute Gasteiger partial charge is 0.508 e. The molecule has 2 aromatic rings. The summed E-state index contributed by atoms with van der Waals surface area (Å²) >= 11 is 0. The van der Waals surface area contributed by atoms with Crippen molar-refractivity contribution in [3.05, 3.63) is 41.7 Å². The zero-order valence-electron chi connectivity index (χ0n) is 10.8. The Bertz CT molecular complexity index is 580. The van der Waals surface area contributed by atoms with Crippen molar-refractivity contribution in [2.24, 2.45) is 5.73 Å². The van der Waals surface area contributed by atoms with Crippen molar-refractivity contribution in [2.75, 3.05) is 0 Å². The van der Waals surface area contributed by atoms with E-state index in [4.69, 9.17) is 10.8 Å². The highest BCUT2D eigenvalue weighted by Gasteiger charge is 2.19. The van der Waals surface area contributed by atoms with Gasteiger partial charge in [0, 0.05) is 6.54 Å². The molecule has 1 atom stereocenters. The van der Waals surface area contributed by atoms with Gasteiger partial charge in [-0.2, -0.15) is 0 Å². The molecule has 0 fully saturated rings. The fourth-order valence-corrected chi connectivity index (χ4v) is 2.07. The molecule has 0 saturated carbocycles. The molecule has 0 amide bonds. The van der Waals surface area contributed by atoms with Crippen molar-refractivity contribution in [3.63, 3.8) is 0 Å². The van der Waals surface area contributed by atoms with Crippen molar-refractivity contribution < 1.29 is 15.0 Å². The van der Waals surface area contributed by atoms with Gasteiger partial charge in [-0.3, -0.25) is 4.79 Å². The summed E-state index contributed by atoms with van der Waals surface area (Å²) in [6, 6.07) is 6.28. The summed E-state index contributed by atoms with van der Waals surface area (Å²) in [4.78, 5) is 11.0. The number of hydrogen-bond acceptors (Lipinski definition) is 5. The molecule has 0 radical (unpaired) electrons. The number of nitrogens with zero attached hydrogens (tertiary/aromatic N) is 3. The Labute approximate surface area is 115 Å². The molecule has 106 valence electrons. The fourth-order valence-electron chi connectivity index (χ4n) is 2.07. The Balaban J connectivity index is 2.23. The highest BCUT2D eigenvalue weighted by molar-refractivity contribution is 5.67. The van der Waals surface area contributed by atoms with Gasteiger partial charge in [0.1, 0.15) is 5.75 Å². The van der Waals surface area contributed by atoms with Gasteiger partial charge < -0.3 is 15.9 Å². The van der Waals surface area contributed by atoms with Crippen LogP contribution < -0.4 is 5.73 Å². The van der Waals surface area contributed by atoms with E-state index in [0.717, 1.165) is 5.56 Å². The second kappa shape index (κ2) is 6.16. The minimum atomic E-state index is -0.910. The van der Waals surface area contributed by atoms with E-state index < -0.39 is 5.97 Å². The molecule has 4 N–H and O–H groups in total. The predicted octanol–water partition coefficient (Wildman–Crippen LogP) is 0.701. The summed E-state index contributed by atoms with van der Waals surface area (Å²) in [5, 5.41) is 26.0. The Hall–Kier alpha value is -2.41. The molecule has 0 aliphatic heterocycles. The Morgan fingerprint density at radius 3 is 2.65 bits per heavy atom. The van der Waals surface area contributed by atoms with Crippen LogP contribution >= 0.6 is 0 Å². The Morgan fingerprint density at radius 1 is 1.35 bits per heavy atom. The summed E-state index contributed by atoms with van der Waals surface area (Å²) in [6.45, 7) is 0.249. The molecule has 20 heavy (non-hydrogen) atoms. The van der Waals surface area contributed by atoms with Crippen molar-refractivity contribution >= 4 is 5.97 Å². The Kier molecular flexibility index (Phi) is 4.31. The number of benzene rings is 1. The third-order valence-electron chi connectivity index (χ3n) is 3.02. The zero-order valence-corrected chi connectivity index (χ0v) is 10.8. The van der Waals surface area contributed by atoms with Gasteiger partial charge in [-0.1, -0.05) is 17.3 Å². The summed E-state index contributed by atoms with van der Waals surface area (Å²) in [6.07, 6.45) is 1.94. The average molecular weight is 276 g/mol. The second-order valence-electron chi connectivity index (χ2n) is 4.50. The van der Waals surface area contributed by atoms with Crippen LogP contribution in [-0.2, 0) is 17.8 Å². The smallest absolute Gasteiger partial charge is 0.305 e. The van der Waals surface area contributed by atoms with Crippen molar-refractivity contribution in [2.45, 2.75) is 25.4 Å². The molecule has 2 rings (SSSR count). The number of carboxylic acids is 1. The summed E-state index contributed by atoms with van der Waals surface area (Å²) in [7, 11) is 0.